The average Bonchev–Trinajstić information content (AvgIpc) is 2.63. The Hall–Kier alpha value is -0.300. The minimum atomic E-state index is 0.849. The van der Waals surface area contributed by atoms with E-state index in [9.17, 15) is 0 Å². The fourth-order valence-electron chi connectivity index (χ4n) is 1.72. The summed E-state index contributed by atoms with van der Waals surface area (Å²) in [6, 6.07) is 0. The van der Waals surface area contributed by atoms with Crippen molar-refractivity contribution in [3.8, 4) is 0 Å². The second-order valence-corrected chi connectivity index (χ2v) is 3.91. The van der Waals surface area contributed by atoms with Crippen molar-refractivity contribution in [1.82, 2.24) is 4.90 Å². The van der Waals surface area contributed by atoms with Gasteiger partial charge in [0.15, 0.2) is 0 Å². The van der Waals surface area contributed by atoms with Gasteiger partial charge in [0, 0.05) is 6.54 Å². The van der Waals surface area contributed by atoms with Crippen molar-refractivity contribution < 1.29 is 0 Å². The third-order valence-corrected chi connectivity index (χ3v) is 2.49. The predicted molar refractivity (Wildman–Crippen MR) is 49.6 cm³/mol. The van der Waals surface area contributed by atoms with Gasteiger partial charge in [0.2, 0.25) is 0 Å². The van der Waals surface area contributed by atoms with Gasteiger partial charge in [0.1, 0.15) is 0 Å². The molecule has 1 rings (SSSR count). The normalized spacial score (nSPS) is 29.1. The number of rotatable bonds is 4. The van der Waals surface area contributed by atoms with E-state index >= 15 is 0 Å². The summed E-state index contributed by atoms with van der Waals surface area (Å²) in [5.41, 5.74) is 1.43. The summed E-state index contributed by atoms with van der Waals surface area (Å²) in [7, 11) is 4.21. The Balaban J connectivity index is 2.23. The zero-order valence-corrected chi connectivity index (χ0v) is 7.93. The number of likely N-dealkylation sites (N-methyl/N-ethyl adjacent to an activating group) is 1. The first-order valence-electron chi connectivity index (χ1n) is 4.47. The van der Waals surface area contributed by atoms with Crippen LogP contribution in [0.3, 0.4) is 0 Å². The fourth-order valence-corrected chi connectivity index (χ4v) is 1.72. The molecule has 1 heteroatoms. The third kappa shape index (κ3) is 2.33. The highest BCUT2D eigenvalue weighted by Crippen LogP contribution is 2.45. The predicted octanol–water partition coefficient (Wildman–Crippen LogP) is 2.15. The van der Waals surface area contributed by atoms with Crippen LogP contribution in [-0.2, 0) is 0 Å². The van der Waals surface area contributed by atoms with Gasteiger partial charge >= 0.3 is 0 Å². The molecule has 0 N–H and O–H groups in total. The monoisotopic (exact) mass is 153 g/mol. The highest BCUT2D eigenvalue weighted by atomic mass is 15.0. The lowest BCUT2D eigenvalue weighted by Gasteiger charge is -2.11. The minimum absolute atomic E-state index is 0.849. The molecule has 0 heterocycles. The van der Waals surface area contributed by atoms with Crippen molar-refractivity contribution in [2.24, 2.45) is 11.8 Å². The van der Waals surface area contributed by atoms with E-state index in [1.807, 2.05) is 0 Å². The van der Waals surface area contributed by atoms with Crippen molar-refractivity contribution in [2.75, 3.05) is 20.6 Å². The van der Waals surface area contributed by atoms with E-state index in [1.165, 1.54) is 18.4 Å². The van der Waals surface area contributed by atoms with Gasteiger partial charge in [-0.3, -0.25) is 0 Å². The molecule has 0 radical (unpaired) electrons. The topological polar surface area (TPSA) is 3.24 Å². The fraction of sp³-hybridized carbons (Fsp3) is 0.800. The standard InChI is InChI=1S/C10H19N/c1-5-9-6-10(9)8(2)7-11(3)4/h9-10H,2,5-7H2,1,3-4H3. The molecule has 0 amide bonds. The molecule has 0 aliphatic heterocycles. The Kier molecular flexibility index (Phi) is 2.72. The van der Waals surface area contributed by atoms with Gasteiger partial charge in [0.25, 0.3) is 0 Å². The Labute approximate surface area is 70.1 Å². The van der Waals surface area contributed by atoms with Crippen molar-refractivity contribution in [1.29, 1.82) is 0 Å². The summed E-state index contributed by atoms with van der Waals surface area (Å²) in [6.07, 6.45) is 2.72. The molecule has 0 saturated heterocycles. The lowest BCUT2D eigenvalue weighted by Crippen LogP contribution is -2.15. The quantitative estimate of drug-likeness (QED) is 0.559. The van der Waals surface area contributed by atoms with E-state index in [0.717, 1.165) is 18.4 Å². The van der Waals surface area contributed by atoms with E-state index < -0.39 is 0 Å². The zero-order chi connectivity index (χ0) is 8.43. The number of hydrogen-bond acceptors (Lipinski definition) is 1. The molecule has 0 bridgehead atoms. The Morgan fingerprint density at radius 1 is 1.55 bits per heavy atom. The van der Waals surface area contributed by atoms with Gasteiger partial charge < -0.3 is 4.90 Å². The Bertz CT molecular complexity index is 149. The zero-order valence-electron chi connectivity index (χ0n) is 7.93. The smallest absolute Gasteiger partial charge is 0.0186 e. The molecule has 1 fully saturated rings. The van der Waals surface area contributed by atoms with E-state index in [-0.39, 0.29) is 0 Å². The summed E-state index contributed by atoms with van der Waals surface area (Å²) in [5, 5.41) is 0. The van der Waals surface area contributed by atoms with Crippen LogP contribution in [0.1, 0.15) is 19.8 Å². The van der Waals surface area contributed by atoms with Crippen LogP contribution in [0.15, 0.2) is 12.2 Å². The molecule has 1 saturated carbocycles. The second kappa shape index (κ2) is 3.40. The highest BCUT2D eigenvalue weighted by Gasteiger charge is 2.36. The molecule has 1 aliphatic carbocycles. The number of hydrogen-bond donors (Lipinski definition) is 0. The molecule has 2 atom stereocenters. The van der Waals surface area contributed by atoms with Crippen molar-refractivity contribution in [3.63, 3.8) is 0 Å². The van der Waals surface area contributed by atoms with Crippen molar-refractivity contribution in [3.05, 3.63) is 12.2 Å². The maximum absolute atomic E-state index is 4.11. The maximum Gasteiger partial charge on any atom is 0.0186 e. The summed E-state index contributed by atoms with van der Waals surface area (Å²) in [6.45, 7) is 7.46. The summed E-state index contributed by atoms with van der Waals surface area (Å²) < 4.78 is 0. The molecule has 11 heavy (non-hydrogen) atoms. The maximum atomic E-state index is 4.11. The lowest BCUT2D eigenvalue weighted by atomic mass is 10.1. The van der Waals surface area contributed by atoms with Gasteiger partial charge in [-0.05, 0) is 32.4 Å². The van der Waals surface area contributed by atoms with Gasteiger partial charge in [-0.1, -0.05) is 25.5 Å². The van der Waals surface area contributed by atoms with Crippen LogP contribution in [0.5, 0.6) is 0 Å². The largest absolute Gasteiger partial charge is 0.305 e. The van der Waals surface area contributed by atoms with Crippen LogP contribution in [0.2, 0.25) is 0 Å². The van der Waals surface area contributed by atoms with Gasteiger partial charge in [-0.25, -0.2) is 0 Å². The molecule has 1 nitrogen and oxygen atoms in total. The van der Waals surface area contributed by atoms with Crippen molar-refractivity contribution in [2.45, 2.75) is 19.8 Å². The molecule has 2 unspecified atom stereocenters. The van der Waals surface area contributed by atoms with Crippen LogP contribution < -0.4 is 0 Å². The molecule has 64 valence electrons. The Morgan fingerprint density at radius 3 is 2.55 bits per heavy atom. The first-order valence-corrected chi connectivity index (χ1v) is 4.47. The van der Waals surface area contributed by atoms with E-state index in [4.69, 9.17) is 0 Å². The van der Waals surface area contributed by atoms with Gasteiger partial charge in [0.05, 0.1) is 0 Å². The van der Waals surface area contributed by atoms with E-state index in [0.29, 0.717) is 0 Å². The molecular formula is C10H19N. The summed E-state index contributed by atoms with van der Waals surface area (Å²) >= 11 is 0. The molecule has 0 aromatic rings. The van der Waals surface area contributed by atoms with Crippen LogP contribution >= 0.6 is 0 Å². The first-order chi connectivity index (χ1) is 5.15. The van der Waals surface area contributed by atoms with Crippen LogP contribution in [0.4, 0.5) is 0 Å². The third-order valence-electron chi connectivity index (χ3n) is 2.49. The average molecular weight is 153 g/mol. The summed E-state index contributed by atoms with van der Waals surface area (Å²) in [4.78, 5) is 2.20. The van der Waals surface area contributed by atoms with E-state index in [1.54, 1.807) is 0 Å². The SMILES string of the molecule is C=C(CN(C)C)C1CC1CC. The van der Waals surface area contributed by atoms with E-state index in [2.05, 4.69) is 32.5 Å². The Morgan fingerprint density at radius 2 is 2.18 bits per heavy atom. The van der Waals surface area contributed by atoms with Crippen LogP contribution in [0, 0.1) is 11.8 Å². The van der Waals surface area contributed by atoms with Gasteiger partial charge in [-0.2, -0.15) is 0 Å². The first kappa shape index (κ1) is 8.79. The molecule has 0 aromatic carbocycles. The molecule has 1 aliphatic rings. The summed E-state index contributed by atoms with van der Waals surface area (Å²) in [5.74, 6) is 1.81. The highest BCUT2D eigenvalue weighted by molar-refractivity contribution is 5.12. The molecule has 0 spiro atoms. The van der Waals surface area contributed by atoms with Crippen LogP contribution in [-0.4, -0.2) is 25.5 Å². The molecular weight excluding hydrogens is 134 g/mol. The second-order valence-electron chi connectivity index (χ2n) is 3.91. The minimum Gasteiger partial charge on any atom is -0.305 e. The van der Waals surface area contributed by atoms with Crippen molar-refractivity contribution >= 4 is 0 Å². The number of nitrogens with zero attached hydrogens (tertiary/aromatic N) is 1. The molecule has 0 aromatic heterocycles. The lowest BCUT2D eigenvalue weighted by molar-refractivity contribution is 0.435. The van der Waals surface area contributed by atoms with Crippen LogP contribution in [0.25, 0.3) is 0 Å². The van der Waals surface area contributed by atoms with Gasteiger partial charge in [-0.15, -0.1) is 0 Å².